The summed E-state index contributed by atoms with van der Waals surface area (Å²) >= 11 is 0. The van der Waals surface area contributed by atoms with Crippen molar-refractivity contribution in [1.29, 1.82) is 0 Å². The summed E-state index contributed by atoms with van der Waals surface area (Å²) in [7, 11) is 0. The number of aliphatic hydroxyl groups excluding tert-OH is 1. The summed E-state index contributed by atoms with van der Waals surface area (Å²) in [5, 5.41) is 18.2. The van der Waals surface area contributed by atoms with Gasteiger partial charge in [-0.15, -0.1) is 0 Å². The highest BCUT2D eigenvalue weighted by atomic mass is 16.4. The van der Waals surface area contributed by atoms with E-state index in [2.05, 4.69) is 0 Å². The molecule has 0 aliphatic carbocycles. The Morgan fingerprint density at radius 3 is 2.44 bits per heavy atom. The van der Waals surface area contributed by atoms with Crippen molar-refractivity contribution in [2.45, 2.75) is 18.9 Å². The number of aromatic carboxylic acids is 1. The first kappa shape index (κ1) is 17.5. The van der Waals surface area contributed by atoms with Gasteiger partial charge in [-0.05, 0) is 41.7 Å². The molecule has 1 fully saturated rings. The molecule has 2 aliphatic heterocycles. The Balaban J connectivity index is 1.71. The maximum Gasteiger partial charge on any atom is 0.335 e. The SMILES string of the molecule is O=C(O)c1ccc(-c2cc3n(c(=O)c2)C[C@H]2C[C@@H]3CN(C(=O)CO)C2)cc1. The van der Waals surface area contributed by atoms with Crippen LogP contribution in [-0.4, -0.2) is 51.3 Å². The Kier molecular flexibility index (Phi) is 4.31. The van der Waals surface area contributed by atoms with Crippen molar-refractivity contribution in [2.75, 3.05) is 19.7 Å². The molecular formula is C20H20N2O5. The molecule has 2 aliphatic rings. The minimum atomic E-state index is -0.992. The number of carbonyl (C=O) groups excluding carboxylic acids is 1. The maximum atomic E-state index is 12.7. The lowest BCUT2D eigenvalue weighted by atomic mass is 9.82. The van der Waals surface area contributed by atoms with Gasteiger partial charge in [0.05, 0.1) is 5.56 Å². The Morgan fingerprint density at radius 2 is 1.78 bits per heavy atom. The first-order valence-corrected chi connectivity index (χ1v) is 8.93. The smallest absolute Gasteiger partial charge is 0.335 e. The molecule has 27 heavy (non-hydrogen) atoms. The van der Waals surface area contributed by atoms with Crippen LogP contribution in [0.15, 0.2) is 41.2 Å². The number of hydrogen-bond acceptors (Lipinski definition) is 4. The minimum absolute atomic E-state index is 0.0546. The van der Waals surface area contributed by atoms with E-state index in [1.807, 2.05) is 6.07 Å². The monoisotopic (exact) mass is 368 g/mol. The van der Waals surface area contributed by atoms with E-state index in [-0.39, 0.29) is 28.9 Å². The van der Waals surface area contributed by atoms with Crippen LogP contribution >= 0.6 is 0 Å². The van der Waals surface area contributed by atoms with Crippen molar-refractivity contribution in [2.24, 2.45) is 5.92 Å². The number of carboxylic acid groups (broad SMARTS) is 1. The van der Waals surface area contributed by atoms with Gasteiger partial charge in [0.15, 0.2) is 0 Å². The number of carbonyl (C=O) groups is 2. The number of rotatable bonds is 3. The third-order valence-corrected chi connectivity index (χ3v) is 5.51. The molecule has 1 aromatic carbocycles. The fourth-order valence-electron chi connectivity index (χ4n) is 4.23. The molecule has 0 unspecified atom stereocenters. The molecule has 4 rings (SSSR count). The molecule has 1 amide bonds. The zero-order chi connectivity index (χ0) is 19.1. The Labute approximate surface area is 155 Å². The summed E-state index contributed by atoms with van der Waals surface area (Å²) in [4.78, 5) is 37.3. The van der Waals surface area contributed by atoms with Crippen LogP contribution in [0.5, 0.6) is 0 Å². The van der Waals surface area contributed by atoms with Crippen molar-refractivity contribution in [3.63, 3.8) is 0 Å². The molecule has 0 saturated carbocycles. The number of aromatic nitrogens is 1. The second-order valence-electron chi connectivity index (χ2n) is 7.26. The zero-order valence-electron chi connectivity index (χ0n) is 14.7. The maximum absolute atomic E-state index is 12.7. The molecule has 1 saturated heterocycles. The predicted octanol–water partition coefficient (Wildman–Crippen LogP) is 1.15. The summed E-state index contributed by atoms with van der Waals surface area (Å²) in [6.07, 6.45) is 0.913. The first-order valence-electron chi connectivity index (χ1n) is 8.93. The van der Waals surface area contributed by atoms with Crippen LogP contribution < -0.4 is 5.56 Å². The average molecular weight is 368 g/mol. The average Bonchev–Trinajstić information content (AvgIpc) is 2.68. The molecule has 2 bridgehead atoms. The van der Waals surface area contributed by atoms with Crippen LogP contribution in [0.4, 0.5) is 0 Å². The quantitative estimate of drug-likeness (QED) is 0.847. The number of carboxylic acids is 1. The highest BCUT2D eigenvalue weighted by molar-refractivity contribution is 5.88. The molecule has 7 nitrogen and oxygen atoms in total. The van der Waals surface area contributed by atoms with Gasteiger partial charge in [-0.25, -0.2) is 4.79 Å². The number of likely N-dealkylation sites (tertiary alicyclic amines) is 1. The van der Waals surface area contributed by atoms with Gasteiger partial charge in [-0.2, -0.15) is 0 Å². The van der Waals surface area contributed by atoms with Crippen molar-refractivity contribution in [1.82, 2.24) is 9.47 Å². The van der Waals surface area contributed by atoms with Crippen molar-refractivity contribution in [3.05, 3.63) is 58.0 Å². The third-order valence-electron chi connectivity index (χ3n) is 5.51. The van der Waals surface area contributed by atoms with Gasteiger partial charge in [0.2, 0.25) is 5.91 Å². The predicted molar refractivity (Wildman–Crippen MR) is 97.6 cm³/mol. The lowest BCUT2D eigenvalue weighted by Crippen LogP contribution is -2.49. The molecule has 0 spiro atoms. The normalized spacial score (nSPS) is 20.9. The van der Waals surface area contributed by atoms with Gasteiger partial charge < -0.3 is 19.7 Å². The number of pyridine rings is 1. The van der Waals surface area contributed by atoms with Gasteiger partial charge in [0, 0.05) is 37.3 Å². The lowest BCUT2D eigenvalue weighted by molar-refractivity contribution is -0.136. The Morgan fingerprint density at radius 1 is 1.04 bits per heavy atom. The highest BCUT2D eigenvalue weighted by Crippen LogP contribution is 2.36. The van der Waals surface area contributed by atoms with E-state index in [0.717, 1.165) is 23.2 Å². The van der Waals surface area contributed by atoms with E-state index in [4.69, 9.17) is 10.2 Å². The van der Waals surface area contributed by atoms with Crippen LogP contribution in [0.1, 0.15) is 28.4 Å². The van der Waals surface area contributed by atoms with Crippen LogP contribution in [0.2, 0.25) is 0 Å². The molecular weight excluding hydrogens is 348 g/mol. The second kappa shape index (κ2) is 6.66. The van der Waals surface area contributed by atoms with Gasteiger partial charge in [0.25, 0.3) is 5.56 Å². The van der Waals surface area contributed by atoms with E-state index in [0.29, 0.717) is 19.6 Å². The standard InChI is InChI=1S/C20H20N2O5/c23-11-19(25)21-8-12-5-16(10-21)17-6-15(7-18(24)22(17)9-12)13-1-3-14(4-2-13)20(26)27/h1-4,6-7,12,16,23H,5,8-11H2,(H,26,27)/t12-,16+/m0/s1. The first-order chi connectivity index (χ1) is 13.0. The van der Waals surface area contributed by atoms with E-state index in [1.54, 1.807) is 27.7 Å². The minimum Gasteiger partial charge on any atom is -0.478 e. The number of fused-ring (bicyclic) bond motifs is 4. The van der Waals surface area contributed by atoms with E-state index >= 15 is 0 Å². The summed E-state index contributed by atoms with van der Waals surface area (Å²) in [6.45, 7) is 1.14. The molecule has 7 heteroatoms. The number of benzene rings is 1. The van der Waals surface area contributed by atoms with Gasteiger partial charge in [-0.1, -0.05) is 12.1 Å². The number of nitrogens with zero attached hydrogens (tertiary/aromatic N) is 2. The summed E-state index contributed by atoms with van der Waals surface area (Å²) in [6, 6.07) is 9.98. The fraction of sp³-hybridized carbons (Fsp3) is 0.350. The molecule has 2 atom stereocenters. The fourth-order valence-corrected chi connectivity index (χ4v) is 4.23. The Hall–Kier alpha value is -2.93. The van der Waals surface area contributed by atoms with Gasteiger partial charge in [-0.3, -0.25) is 9.59 Å². The second-order valence-corrected chi connectivity index (χ2v) is 7.26. The molecule has 0 radical (unpaired) electrons. The molecule has 140 valence electrons. The van der Waals surface area contributed by atoms with Crippen molar-refractivity contribution in [3.8, 4) is 11.1 Å². The largest absolute Gasteiger partial charge is 0.478 e. The van der Waals surface area contributed by atoms with E-state index < -0.39 is 12.6 Å². The van der Waals surface area contributed by atoms with E-state index in [9.17, 15) is 14.4 Å². The van der Waals surface area contributed by atoms with Gasteiger partial charge in [0.1, 0.15) is 6.61 Å². The van der Waals surface area contributed by atoms with Crippen LogP contribution in [0, 0.1) is 5.92 Å². The third kappa shape index (κ3) is 3.14. The zero-order valence-corrected chi connectivity index (χ0v) is 14.7. The van der Waals surface area contributed by atoms with Crippen LogP contribution in [0.3, 0.4) is 0 Å². The number of hydrogen-bond donors (Lipinski definition) is 2. The van der Waals surface area contributed by atoms with Crippen molar-refractivity contribution >= 4 is 11.9 Å². The highest BCUT2D eigenvalue weighted by Gasteiger charge is 2.36. The number of piperidine rings is 1. The lowest BCUT2D eigenvalue weighted by Gasteiger charge is -2.42. The molecule has 3 heterocycles. The van der Waals surface area contributed by atoms with Crippen LogP contribution in [0.25, 0.3) is 11.1 Å². The summed E-state index contributed by atoms with van der Waals surface area (Å²) in [5.41, 5.74) is 2.53. The number of amides is 1. The molecule has 1 aromatic heterocycles. The summed E-state index contributed by atoms with van der Waals surface area (Å²) in [5.74, 6) is -1.00. The van der Waals surface area contributed by atoms with Crippen LogP contribution in [-0.2, 0) is 11.3 Å². The van der Waals surface area contributed by atoms with Gasteiger partial charge >= 0.3 is 5.97 Å². The molecule has 2 aromatic rings. The van der Waals surface area contributed by atoms with E-state index in [1.165, 1.54) is 12.1 Å². The molecule has 2 N–H and O–H groups in total. The summed E-state index contributed by atoms with van der Waals surface area (Å²) < 4.78 is 1.79. The number of aliphatic hydroxyl groups is 1. The van der Waals surface area contributed by atoms with Crippen molar-refractivity contribution < 1.29 is 19.8 Å². The topological polar surface area (TPSA) is 99.8 Å². The Bertz CT molecular complexity index is 963.